The van der Waals surface area contributed by atoms with Crippen molar-refractivity contribution >= 4 is 12.6 Å². The maximum absolute atomic E-state index is 10.0. The molecule has 0 aliphatic rings. The maximum Gasteiger partial charge on any atom is 0.516 e. The van der Waals surface area contributed by atoms with Crippen LogP contribution in [0.2, 0.25) is 0 Å². The number of carbonyl (C=O) groups excluding carboxylic acids is 2. The molecule has 0 aliphatic heterocycles. The highest BCUT2D eigenvalue weighted by molar-refractivity contribution is 5.69. The highest BCUT2D eigenvalue weighted by Crippen LogP contribution is 1.80. The molecule has 0 bridgehead atoms. The average Bonchev–Trinajstić information content (AvgIpc) is 1.85. The summed E-state index contributed by atoms with van der Waals surface area (Å²) in [6.45, 7) is 4.21. The highest BCUT2D eigenvalue weighted by Gasteiger charge is 1.99. The largest absolute Gasteiger partial charge is 0.516 e. The summed E-state index contributed by atoms with van der Waals surface area (Å²) in [4.78, 5) is 19.4. The molecule has 0 N–H and O–H groups in total. The predicted molar refractivity (Wildman–Crippen MR) is 28.3 cm³/mol. The number of carbonyl (C=O) groups is 1. The summed E-state index contributed by atoms with van der Waals surface area (Å²) in [7, 11) is 0. The Labute approximate surface area is 52.1 Å². The first-order valence-corrected chi connectivity index (χ1v) is 2.13. The second-order valence-corrected chi connectivity index (χ2v) is 1.04. The Morgan fingerprint density at radius 2 is 2.44 bits per heavy atom. The summed E-state index contributed by atoms with van der Waals surface area (Å²) in [5, 5.41) is 0. The summed E-state index contributed by atoms with van der Waals surface area (Å²) in [6, 6.07) is 0. The molecule has 0 unspecified atom stereocenters. The SMILES string of the molecule is C=CCOC(=O)O[C]=O. The monoisotopic (exact) mass is 129 g/mol. The molecule has 0 fully saturated rings. The molecule has 0 saturated carbocycles. The molecule has 0 aromatic carbocycles. The van der Waals surface area contributed by atoms with Crippen LogP contribution in [0.25, 0.3) is 0 Å². The van der Waals surface area contributed by atoms with E-state index in [4.69, 9.17) is 0 Å². The molecule has 0 spiro atoms. The van der Waals surface area contributed by atoms with E-state index < -0.39 is 6.16 Å². The number of rotatable bonds is 3. The van der Waals surface area contributed by atoms with Crippen molar-refractivity contribution in [2.75, 3.05) is 6.61 Å². The first-order valence-electron chi connectivity index (χ1n) is 2.13. The van der Waals surface area contributed by atoms with Crippen molar-refractivity contribution in [1.29, 1.82) is 0 Å². The molecule has 0 atom stereocenters. The second-order valence-electron chi connectivity index (χ2n) is 1.04. The van der Waals surface area contributed by atoms with Crippen LogP contribution in [0.4, 0.5) is 4.79 Å². The fourth-order valence-electron chi connectivity index (χ4n) is 0.190. The minimum Gasteiger partial charge on any atom is -0.430 e. The zero-order valence-electron chi connectivity index (χ0n) is 4.62. The van der Waals surface area contributed by atoms with Gasteiger partial charge in [0.2, 0.25) is 0 Å². The fraction of sp³-hybridized carbons (Fsp3) is 0.200. The molecule has 49 valence electrons. The van der Waals surface area contributed by atoms with Crippen LogP contribution in [0, 0.1) is 0 Å². The van der Waals surface area contributed by atoms with E-state index >= 15 is 0 Å². The van der Waals surface area contributed by atoms with Crippen molar-refractivity contribution in [3.8, 4) is 0 Å². The number of hydrogen-bond acceptors (Lipinski definition) is 4. The molecule has 9 heavy (non-hydrogen) atoms. The van der Waals surface area contributed by atoms with E-state index in [1.807, 2.05) is 0 Å². The summed E-state index contributed by atoms with van der Waals surface area (Å²) >= 11 is 0. The lowest BCUT2D eigenvalue weighted by molar-refractivity contribution is 0.104. The van der Waals surface area contributed by atoms with Gasteiger partial charge in [-0.3, -0.25) is 0 Å². The molecule has 0 aliphatic carbocycles. The minimum absolute atomic E-state index is 0.0283. The molecule has 0 heterocycles. The summed E-state index contributed by atoms with van der Waals surface area (Å²) in [5.74, 6) is 0. The third-order valence-corrected chi connectivity index (χ3v) is 0.444. The van der Waals surface area contributed by atoms with Crippen LogP contribution in [-0.4, -0.2) is 19.2 Å². The molecule has 0 aromatic rings. The normalized spacial score (nSPS) is 7.56. The highest BCUT2D eigenvalue weighted by atomic mass is 16.7. The van der Waals surface area contributed by atoms with E-state index in [1.54, 1.807) is 0 Å². The molecule has 4 heteroatoms. The van der Waals surface area contributed by atoms with Crippen LogP contribution in [-0.2, 0) is 14.3 Å². The first-order chi connectivity index (χ1) is 4.31. The third kappa shape index (κ3) is 4.53. The van der Waals surface area contributed by atoms with Gasteiger partial charge in [-0.05, 0) is 0 Å². The van der Waals surface area contributed by atoms with Gasteiger partial charge in [-0.15, -0.1) is 0 Å². The van der Waals surface area contributed by atoms with Crippen molar-refractivity contribution in [3.63, 3.8) is 0 Å². The molecular formula is C5H5O4. The Morgan fingerprint density at radius 3 is 2.89 bits per heavy atom. The number of ether oxygens (including phenoxy) is 2. The quantitative estimate of drug-likeness (QED) is 0.314. The predicted octanol–water partition coefficient (Wildman–Crippen LogP) is 0.393. The topological polar surface area (TPSA) is 52.6 Å². The zero-order valence-corrected chi connectivity index (χ0v) is 4.62. The molecule has 0 aromatic heterocycles. The van der Waals surface area contributed by atoms with Gasteiger partial charge >= 0.3 is 12.6 Å². The van der Waals surface area contributed by atoms with E-state index in [9.17, 15) is 9.59 Å². The molecule has 0 saturated heterocycles. The Kier molecular flexibility index (Phi) is 4.12. The van der Waals surface area contributed by atoms with Crippen molar-refractivity contribution in [3.05, 3.63) is 12.7 Å². The van der Waals surface area contributed by atoms with Crippen LogP contribution < -0.4 is 0 Å². The van der Waals surface area contributed by atoms with Crippen LogP contribution in [0.5, 0.6) is 0 Å². The van der Waals surface area contributed by atoms with E-state index in [2.05, 4.69) is 16.1 Å². The molecule has 0 rings (SSSR count). The number of hydrogen-bond donors (Lipinski definition) is 0. The van der Waals surface area contributed by atoms with Gasteiger partial charge in [-0.25, -0.2) is 9.59 Å². The van der Waals surface area contributed by atoms with Gasteiger partial charge in [0.25, 0.3) is 0 Å². The fourth-order valence-corrected chi connectivity index (χ4v) is 0.190. The second kappa shape index (κ2) is 4.83. The van der Waals surface area contributed by atoms with Gasteiger partial charge in [-0.1, -0.05) is 12.7 Å². The molecule has 0 amide bonds. The van der Waals surface area contributed by atoms with E-state index in [-0.39, 0.29) is 6.61 Å². The molecule has 4 nitrogen and oxygen atoms in total. The zero-order chi connectivity index (χ0) is 7.11. The Balaban J connectivity index is 3.26. The van der Waals surface area contributed by atoms with Crippen molar-refractivity contribution in [2.24, 2.45) is 0 Å². The van der Waals surface area contributed by atoms with Gasteiger partial charge in [0.05, 0.1) is 0 Å². The van der Waals surface area contributed by atoms with Gasteiger partial charge in [-0.2, -0.15) is 0 Å². The summed E-state index contributed by atoms with van der Waals surface area (Å²) < 4.78 is 7.82. The Hall–Kier alpha value is -1.32. The van der Waals surface area contributed by atoms with Crippen molar-refractivity contribution < 1.29 is 19.1 Å². The van der Waals surface area contributed by atoms with Crippen molar-refractivity contribution in [2.45, 2.75) is 0 Å². The standard InChI is InChI=1S/C5H5O4/c1-2-3-8-5(7)9-4-6/h2H,1,3H2. The average molecular weight is 129 g/mol. The van der Waals surface area contributed by atoms with Gasteiger partial charge in [0, 0.05) is 0 Å². The third-order valence-electron chi connectivity index (χ3n) is 0.444. The van der Waals surface area contributed by atoms with Crippen LogP contribution in [0.15, 0.2) is 12.7 Å². The lowest BCUT2D eigenvalue weighted by Crippen LogP contribution is -2.05. The van der Waals surface area contributed by atoms with E-state index in [1.165, 1.54) is 6.08 Å². The van der Waals surface area contributed by atoms with Crippen LogP contribution in [0.3, 0.4) is 0 Å². The minimum atomic E-state index is -1.06. The van der Waals surface area contributed by atoms with Gasteiger partial charge < -0.3 is 9.47 Å². The Bertz CT molecular complexity index is 118. The first kappa shape index (κ1) is 7.68. The van der Waals surface area contributed by atoms with E-state index in [0.717, 1.165) is 6.47 Å². The summed E-state index contributed by atoms with van der Waals surface area (Å²) in [5.41, 5.74) is 0. The van der Waals surface area contributed by atoms with Gasteiger partial charge in [0.15, 0.2) is 0 Å². The van der Waals surface area contributed by atoms with Gasteiger partial charge in [0.1, 0.15) is 6.61 Å². The maximum atomic E-state index is 10.0. The van der Waals surface area contributed by atoms with Crippen molar-refractivity contribution in [1.82, 2.24) is 0 Å². The molecule has 1 radical (unpaired) electrons. The lowest BCUT2D eigenvalue weighted by atomic mass is 10.7. The van der Waals surface area contributed by atoms with Crippen LogP contribution in [0.1, 0.15) is 0 Å². The molecular weight excluding hydrogens is 124 g/mol. The van der Waals surface area contributed by atoms with Crippen LogP contribution >= 0.6 is 0 Å². The van der Waals surface area contributed by atoms with E-state index in [0.29, 0.717) is 0 Å². The lowest BCUT2D eigenvalue weighted by Gasteiger charge is -1.93. The smallest absolute Gasteiger partial charge is 0.430 e. The Morgan fingerprint density at radius 1 is 1.78 bits per heavy atom. The summed E-state index contributed by atoms with van der Waals surface area (Å²) in [6.07, 6.45) is 0.288.